The van der Waals surface area contributed by atoms with Gasteiger partial charge in [0.15, 0.2) is 0 Å². The Morgan fingerprint density at radius 3 is 0.895 bits per heavy atom. The Balaban J connectivity index is -0.0000000476. The van der Waals surface area contributed by atoms with Crippen molar-refractivity contribution in [2.45, 2.75) is 38.8 Å². The molecule has 1 radical (unpaired) electrons. The minimum Gasteiger partial charge on any atom is -0.678 e. The zero-order chi connectivity index (χ0) is 15.8. The van der Waals surface area contributed by atoms with Crippen molar-refractivity contribution in [3.05, 3.63) is 43.2 Å². The summed E-state index contributed by atoms with van der Waals surface area (Å²) in [4.78, 5) is 16.0. The van der Waals surface area contributed by atoms with Crippen LogP contribution in [0.4, 0.5) is 0 Å². The van der Waals surface area contributed by atoms with Gasteiger partial charge >= 0.3 is 0 Å². The average Bonchev–Trinajstić information content (AvgIpc) is 2.19. The Bertz CT molecular complexity index is 163. The van der Waals surface area contributed by atoms with Crippen LogP contribution >= 0.6 is 0 Å². The first-order chi connectivity index (χ1) is 7.95. The summed E-state index contributed by atoms with van der Waals surface area (Å²) in [6.07, 6.45) is 0. The Kier molecular flexibility index (Phi) is 31.7. The van der Waals surface area contributed by atoms with Gasteiger partial charge in [0.2, 0.25) is 0 Å². The molecular weight excluding hydrogens is 303 g/mol. The summed E-state index contributed by atoms with van der Waals surface area (Å²) in [5.41, 5.74) is 26.2. The van der Waals surface area contributed by atoms with Gasteiger partial charge in [-0.15, -0.1) is 10.7 Å². The number of nitrogens with zero attached hydrogens (tertiary/aromatic N) is 2. The van der Waals surface area contributed by atoms with Crippen molar-refractivity contribution in [2.24, 2.45) is 10.7 Å². The summed E-state index contributed by atoms with van der Waals surface area (Å²) in [6, 6.07) is 0. The van der Waals surface area contributed by atoms with Crippen LogP contribution < -0.4 is 0 Å². The molecule has 11 heteroatoms. The van der Waals surface area contributed by atoms with Crippen LogP contribution in [0.2, 0.25) is 0 Å². The molecular formula is C8H20CoN6O4-6. The zero-order valence-electron chi connectivity index (χ0n) is 11.3. The minimum absolute atomic E-state index is 0. The normalized spacial score (nSPS) is 8.84. The largest absolute Gasteiger partial charge is 0.678 e. The van der Waals surface area contributed by atoms with E-state index >= 15 is 0 Å². The number of hydrogen-bond donors (Lipinski definition) is 0. The third-order valence-electron chi connectivity index (χ3n) is 0.884. The quantitative estimate of drug-likeness (QED) is 0.540. The molecule has 10 nitrogen and oxygen atoms in total. The Labute approximate surface area is 123 Å². The molecule has 0 aromatic heterocycles. The summed E-state index contributed by atoms with van der Waals surface area (Å²) < 4.78 is 0. The maximum Gasteiger partial charge on any atom is 0 e. The van der Waals surface area contributed by atoms with Crippen LogP contribution in [0.3, 0.4) is 0 Å². The van der Waals surface area contributed by atoms with Crippen LogP contribution in [0.5, 0.6) is 0 Å². The van der Waals surface area contributed by atoms with Crippen molar-refractivity contribution in [2.75, 3.05) is 13.1 Å². The molecule has 0 bridgehead atoms. The molecule has 0 saturated carbocycles. The summed E-state index contributed by atoms with van der Waals surface area (Å²) in [6.45, 7) is 7.26. The fourth-order valence-corrected chi connectivity index (χ4v) is 0. The maximum atomic E-state index is 8.00. The molecule has 0 saturated heterocycles. The van der Waals surface area contributed by atoms with Crippen molar-refractivity contribution in [1.29, 1.82) is 0 Å². The van der Waals surface area contributed by atoms with Gasteiger partial charge in [0.05, 0.1) is 0 Å². The molecule has 0 aromatic rings. The molecule has 0 amide bonds. The van der Waals surface area contributed by atoms with Gasteiger partial charge < -0.3 is 43.2 Å². The molecule has 4 N–H and O–H groups in total. The first-order valence-corrected chi connectivity index (χ1v) is 4.64. The number of nitrogens with one attached hydrogen (secondary N) is 4. The number of rotatable bonds is 2. The van der Waals surface area contributed by atoms with Gasteiger partial charge in [0.25, 0.3) is 0 Å². The van der Waals surface area contributed by atoms with E-state index in [-0.39, 0.29) is 29.9 Å². The van der Waals surface area contributed by atoms with E-state index in [1.54, 1.807) is 27.7 Å². The van der Waals surface area contributed by atoms with Crippen molar-refractivity contribution < 1.29 is 16.8 Å². The van der Waals surface area contributed by atoms with E-state index in [9.17, 15) is 0 Å². The van der Waals surface area contributed by atoms with Crippen molar-refractivity contribution >= 4 is 0 Å². The Morgan fingerprint density at radius 1 is 0.842 bits per heavy atom. The van der Waals surface area contributed by atoms with E-state index in [4.69, 9.17) is 43.2 Å². The fraction of sp³-hybridized carbons (Fsp3) is 1.00. The molecule has 0 aliphatic rings. The van der Waals surface area contributed by atoms with Gasteiger partial charge in [-0.2, -0.15) is 24.2 Å². The van der Waals surface area contributed by atoms with Gasteiger partial charge in [-0.3, -0.25) is 0 Å². The Hall–Kier alpha value is -0.854. The molecule has 0 aliphatic carbocycles. The van der Waals surface area contributed by atoms with E-state index in [2.05, 4.69) is 0 Å². The smallest absolute Gasteiger partial charge is 0 e. The van der Waals surface area contributed by atoms with E-state index < -0.39 is 11.1 Å². The maximum absolute atomic E-state index is 8.00. The van der Waals surface area contributed by atoms with Crippen LogP contribution in [-0.4, -0.2) is 24.2 Å². The van der Waals surface area contributed by atoms with Gasteiger partial charge in [-0.05, 0) is 0 Å². The second kappa shape index (κ2) is 19.5. The van der Waals surface area contributed by atoms with Crippen LogP contribution in [0.25, 0.3) is 22.9 Å². The van der Waals surface area contributed by atoms with E-state index in [0.717, 1.165) is 10.7 Å². The summed E-state index contributed by atoms with van der Waals surface area (Å²) in [5.74, 6) is 0. The average molecular weight is 323 g/mol. The summed E-state index contributed by atoms with van der Waals surface area (Å²) in [7, 11) is 0. The Morgan fingerprint density at radius 2 is 0.895 bits per heavy atom. The fourth-order valence-electron chi connectivity index (χ4n) is 0. The summed E-state index contributed by atoms with van der Waals surface area (Å²) >= 11 is 0. The first-order valence-electron chi connectivity index (χ1n) is 4.64. The van der Waals surface area contributed by atoms with Crippen molar-refractivity contribution in [3.63, 3.8) is 0 Å². The first kappa shape index (κ1) is 30.9. The predicted molar refractivity (Wildman–Crippen MR) is 73.5 cm³/mol. The molecule has 0 spiro atoms. The van der Waals surface area contributed by atoms with Crippen LogP contribution in [0.15, 0.2) is 10.7 Å². The molecule has 0 unspecified atom stereocenters. The van der Waals surface area contributed by atoms with Crippen LogP contribution in [0.1, 0.15) is 27.7 Å². The summed E-state index contributed by atoms with van der Waals surface area (Å²) in [5, 5.41) is 18.0. The SMILES string of the molecule is CC(C)([NH-])C[NH-].CC(C)([NH-])C[NH-].O=N[O-].O=N[O-].[Co]. The third-order valence-corrected chi connectivity index (χ3v) is 0.884. The van der Waals surface area contributed by atoms with Crippen molar-refractivity contribution in [3.8, 4) is 0 Å². The van der Waals surface area contributed by atoms with Gasteiger partial charge in [0, 0.05) is 16.8 Å². The molecule has 0 atom stereocenters. The van der Waals surface area contributed by atoms with Crippen LogP contribution in [0, 0.1) is 20.2 Å². The minimum atomic E-state index is -0.542. The van der Waals surface area contributed by atoms with Crippen LogP contribution in [-0.2, 0) is 16.8 Å². The van der Waals surface area contributed by atoms with Gasteiger partial charge in [-0.25, -0.2) is 0 Å². The van der Waals surface area contributed by atoms with E-state index in [0.29, 0.717) is 0 Å². The molecule has 0 fully saturated rings. The molecule has 0 rings (SSSR count). The molecule has 19 heavy (non-hydrogen) atoms. The topological polar surface area (TPSA) is 200 Å². The molecule has 0 aliphatic heterocycles. The third kappa shape index (κ3) is 149. The predicted octanol–water partition coefficient (Wildman–Crippen LogP) is 4.24. The second-order valence-electron chi connectivity index (χ2n) is 4.27. The standard InChI is InChI=1S/2C4H10N2.Co.2HNO2/c2*1-4(2,6)3-5;;2*2-1-3/h2*5-6H,3H2,1-2H3;;2*(H,2,3)/q2*-2;;;/p-2. The molecule has 121 valence electrons. The molecule has 0 heterocycles. The molecule has 0 aromatic carbocycles. The van der Waals surface area contributed by atoms with Gasteiger partial charge in [-0.1, -0.05) is 27.7 Å². The van der Waals surface area contributed by atoms with Gasteiger partial charge in [0.1, 0.15) is 0 Å². The second-order valence-corrected chi connectivity index (χ2v) is 4.27. The monoisotopic (exact) mass is 323 g/mol. The van der Waals surface area contributed by atoms with E-state index in [1.165, 1.54) is 0 Å². The van der Waals surface area contributed by atoms with Crippen molar-refractivity contribution in [1.82, 2.24) is 0 Å². The zero-order valence-corrected chi connectivity index (χ0v) is 12.3. The van der Waals surface area contributed by atoms with E-state index in [1.807, 2.05) is 0 Å². The number of hydrogen-bond acceptors (Lipinski definition) is 6.